The summed E-state index contributed by atoms with van der Waals surface area (Å²) in [6, 6.07) is 4.08. The second-order valence-corrected chi connectivity index (χ2v) is 6.47. The highest BCUT2D eigenvalue weighted by atomic mass is 16.5. The van der Waals surface area contributed by atoms with E-state index in [4.69, 9.17) is 9.26 Å². The quantitative estimate of drug-likeness (QED) is 0.831. The first-order valence-electron chi connectivity index (χ1n) is 8.49. The van der Waals surface area contributed by atoms with Crippen molar-refractivity contribution in [3.8, 4) is 5.75 Å². The van der Waals surface area contributed by atoms with Crippen molar-refractivity contribution in [2.24, 2.45) is 5.92 Å². The molecule has 0 bridgehead atoms. The number of aryl methyl sites for hydroxylation is 1. The van der Waals surface area contributed by atoms with Gasteiger partial charge in [0.15, 0.2) is 5.58 Å². The van der Waals surface area contributed by atoms with Crippen LogP contribution in [0.15, 0.2) is 22.7 Å². The lowest BCUT2D eigenvalue weighted by atomic mass is 9.91. The lowest BCUT2D eigenvalue weighted by Crippen LogP contribution is -2.30. The van der Waals surface area contributed by atoms with Crippen LogP contribution in [0.4, 0.5) is 0 Å². The fourth-order valence-electron chi connectivity index (χ4n) is 3.43. The van der Waals surface area contributed by atoms with Gasteiger partial charge in [-0.25, -0.2) is 0 Å². The molecule has 0 aliphatic carbocycles. The van der Waals surface area contributed by atoms with Gasteiger partial charge in [-0.15, -0.1) is 0 Å². The van der Waals surface area contributed by atoms with Crippen molar-refractivity contribution >= 4 is 17.0 Å². The van der Waals surface area contributed by atoms with Gasteiger partial charge in [-0.05, 0) is 70.8 Å². The van der Waals surface area contributed by atoms with Gasteiger partial charge in [0.25, 0.3) is 0 Å². The van der Waals surface area contributed by atoms with Gasteiger partial charge >= 0.3 is 0 Å². The number of hydrogen-bond donors (Lipinski definition) is 0. The van der Waals surface area contributed by atoms with Crippen LogP contribution >= 0.6 is 0 Å². The van der Waals surface area contributed by atoms with Gasteiger partial charge in [0.2, 0.25) is 0 Å². The molecule has 0 spiro atoms. The molecule has 1 fully saturated rings. The van der Waals surface area contributed by atoms with Crippen molar-refractivity contribution in [2.45, 2.75) is 32.6 Å². The van der Waals surface area contributed by atoms with Crippen LogP contribution in [0.5, 0.6) is 5.75 Å². The van der Waals surface area contributed by atoms with Crippen LogP contribution in [0.2, 0.25) is 0 Å². The number of methoxy groups -OCH3 is 1. The Bertz CT molecular complexity index is 682. The minimum atomic E-state index is 0.811. The molecule has 3 rings (SSSR count). The zero-order chi connectivity index (χ0) is 16.2. The first-order chi connectivity index (χ1) is 11.2. The van der Waals surface area contributed by atoms with E-state index in [-0.39, 0.29) is 0 Å². The van der Waals surface area contributed by atoms with E-state index >= 15 is 0 Å². The topological polar surface area (TPSA) is 38.5 Å². The van der Waals surface area contributed by atoms with Crippen molar-refractivity contribution in [3.05, 3.63) is 29.5 Å². The van der Waals surface area contributed by atoms with Crippen LogP contribution in [-0.4, -0.2) is 37.3 Å². The highest BCUT2D eigenvalue weighted by molar-refractivity contribution is 5.90. The van der Waals surface area contributed by atoms with Crippen LogP contribution in [0.25, 0.3) is 17.0 Å². The molecule has 0 radical (unpaired) electrons. The van der Waals surface area contributed by atoms with Crippen molar-refractivity contribution in [3.63, 3.8) is 0 Å². The summed E-state index contributed by atoms with van der Waals surface area (Å²) in [4.78, 5) is 2.41. The summed E-state index contributed by atoms with van der Waals surface area (Å²) in [5.41, 5.74) is 2.89. The molecule has 4 nitrogen and oxygen atoms in total. The molecular formula is C19H26N2O2. The van der Waals surface area contributed by atoms with E-state index in [1.807, 2.05) is 25.1 Å². The fraction of sp³-hybridized carbons (Fsp3) is 0.526. The summed E-state index contributed by atoms with van der Waals surface area (Å²) in [6.45, 7) is 4.43. The van der Waals surface area contributed by atoms with Gasteiger partial charge in [0.05, 0.1) is 18.4 Å². The Morgan fingerprint density at radius 3 is 2.83 bits per heavy atom. The second kappa shape index (κ2) is 7.18. The Morgan fingerprint density at radius 1 is 1.35 bits per heavy atom. The minimum absolute atomic E-state index is 0.811. The van der Waals surface area contributed by atoms with Crippen LogP contribution in [-0.2, 0) is 6.42 Å². The molecule has 2 heterocycles. The van der Waals surface area contributed by atoms with Gasteiger partial charge in [0.1, 0.15) is 5.75 Å². The average molecular weight is 314 g/mol. The van der Waals surface area contributed by atoms with Crippen molar-refractivity contribution in [1.82, 2.24) is 10.1 Å². The molecule has 0 saturated carbocycles. The molecule has 23 heavy (non-hydrogen) atoms. The Hall–Kier alpha value is -1.81. The number of fused-ring (bicyclic) bond motifs is 1. The van der Waals surface area contributed by atoms with E-state index in [1.54, 1.807) is 7.11 Å². The third-order valence-electron chi connectivity index (χ3n) is 4.89. The molecule has 2 aromatic rings. The van der Waals surface area contributed by atoms with Crippen molar-refractivity contribution < 1.29 is 9.26 Å². The molecule has 4 heteroatoms. The lowest BCUT2D eigenvalue weighted by Gasteiger charge is -2.28. The maximum atomic E-state index is 5.64. The molecule has 1 aliphatic heterocycles. The Morgan fingerprint density at radius 2 is 2.13 bits per heavy atom. The molecule has 0 atom stereocenters. The Labute approximate surface area is 138 Å². The van der Waals surface area contributed by atoms with Gasteiger partial charge in [-0.2, -0.15) is 0 Å². The monoisotopic (exact) mass is 314 g/mol. The van der Waals surface area contributed by atoms with Gasteiger partial charge in [-0.3, -0.25) is 0 Å². The molecular weight excluding hydrogens is 288 g/mol. The number of nitrogens with zero attached hydrogens (tertiary/aromatic N) is 2. The van der Waals surface area contributed by atoms with Crippen LogP contribution in [0, 0.1) is 5.92 Å². The van der Waals surface area contributed by atoms with Crippen LogP contribution in [0.3, 0.4) is 0 Å². The molecule has 1 aliphatic rings. The Balaban J connectivity index is 1.78. The third kappa shape index (κ3) is 3.42. The first-order valence-corrected chi connectivity index (χ1v) is 8.49. The summed E-state index contributed by atoms with van der Waals surface area (Å²) in [5.74, 6) is 1.64. The normalized spacial score (nSPS) is 17.3. The predicted octanol–water partition coefficient (Wildman–Crippen LogP) is 4.14. The van der Waals surface area contributed by atoms with Crippen LogP contribution in [0.1, 0.15) is 37.4 Å². The molecule has 124 valence electrons. The Kier molecular flexibility index (Phi) is 5.01. The number of rotatable bonds is 5. The van der Waals surface area contributed by atoms with Gasteiger partial charge in [0, 0.05) is 5.39 Å². The fourth-order valence-corrected chi connectivity index (χ4v) is 3.43. The third-order valence-corrected chi connectivity index (χ3v) is 4.89. The number of ether oxygens (including phenoxy) is 1. The van der Waals surface area contributed by atoms with E-state index in [9.17, 15) is 0 Å². The molecule has 1 aromatic heterocycles. The molecule has 0 unspecified atom stereocenters. The number of likely N-dealkylation sites (tertiary alicyclic amines) is 1. The van der Waals surface area contributed by atoms with Gasteiger partial charge < -0.3 is 14.2 Å². The minimum Gasteiger partial charge on any atom is -0.496 e. The standard InChI is InChI=1S/C19H26N2O2/c1-4-5-16-18(22-3)9-7-15-17(20-23-19(15)16)8-6-14-10-12-21(2)13-11-14/h4-5,7,9,14H,6,8,10-13H2,1-3H3. The zero-order valence-corrected chi connectivity index (χ0v) is 14.3. The first kappa shape index (κ1) is 16.1. The van der Waals surface area contributed by atoms with E-state index in [1.165, 1.54) is 32.4 Å². The highest BCUT2D eigenvalue weighted by Gasteiger charge is 2.19. The number of allylic oxidation sites excluding steroid dienone is 1. The van der Waals surface area contributed by atoms with Crippen molar-refractivity contribution in [2.75, 3.05) is 27.2 Å². The van der Waals surface area contributed by atoms with Crippen molar-refractivity contribution in [1.29, 1.82) is 0 Å². The van der Waals surface area contributed by atoms with E-state index in [0.717, 1.165) is 40.3 Å². The second-order valence-electron chi connectivity index (χ2n) is 6.47. The number of benzene rings is 1. The largest absolute Gasteiger partial charge is 0.496 e. The molecule has 1 saturated heterocycles. The number of aromatic nitrogens is 1. The summed E-state index contributed by atoms with van der Waals surface area (Å²) in [7, 11) is 3.89. The average Bonchev–Trinajstić information content (AvgIpc) is 2.98. The summed E-state index contributed by atoms with van der Waals surface area (Å²) in [6.07, 6.45) is 8.79. The SMILES string of the molecule is CC=Cc1c(OC)ccc2c(CCC3CCN(C)CC3)noc12. The van der Waals surface area contributed by atoms with E-state index in [2.05, 4.69) is 23.2 Å². The highest BCUT2D eigenvalue weighted by Crippen LogP contribution is 2.32. The van der Waals surface area contributed by atoms with Gasteiger partial charge in [-0.1, -0.05) is 17.3 Å². The number of hydrogen-bond acceptors (Lipinski definition) is 4. The zero-order valence-electron chi connectivity index (χ0n) is 14.3. The summed E-state index contributed by atoms with van der Waals surface area (Å²) in [5, 5.41) is 5.46. The predicted molar refractivity (Wildman–Crippen MR) is 93.8 cm³/mol. The van der Waals surface area contributed by atoms with E-state index in [0.29, 0.717) is 0 Å². The smallest absolute Gasteiger partial charge is 0.178 e. The van der Waals surface area contributed by atoms with E-state index < -0.39 is 0 Å². The maximum Gasteiger partial charge on any atom is 0.178 e. The molecule has 0 N–H and O–H groups in total. The van der Waals surface area contributed by atoms with Crippen LogP contribution < -0.4 is 4.74 Å². The summed E-state index contributed by atoms with van der Waals surface area (Å²) < 4.78 is 11.1. The number of piperidine rings is 1. The summed E-state index contributed by atoms with van der Waals surface area (Å²) >= 11 is 0. The molecule has 0 amide bonds. The maximum absolute atomic E-state index is 5.64. The lowest BCUT2D eigenvalue weighted by molar-refractivity contribution is 0.212. The molecule has 1 aromatic carbocycles.